The third-order valence-electron chi connectivity index (χ3n) is 4.00. The number of morpholine rings is 1. The summed E-state index contributed by atoms with van der Waals surface area (Å²) in [5.74, 6) is 0.710. The van der Waals surface area contributed by atoms with Crippen LogP contribution < -0.4 is 4.74 Å². The molecule has 0 bridgehead atoms. The zero-order chi connectivity index (χ0) is 19.4. The number of carbonyl (C=O) groups is 2. The number of para-hydroxylation sites is 1. The number of hydrogen-bond acceptors (Lipinski definition) is 6. The van der Waals surface area contributed by atoms with Crippen LogP contribution >= 0.6 is 0 Å². The summed E-state index contributed by atoms with van der Waals surface area (Å²) in [5, 5.41) is 15.9. The summed E-state index contributed by atoms with van der Waals surface area (Å²) in [6.45, 7) is 4.76. The Morgan fingerprint density at radius 1 is 1.46 bits per heavy atom. The molecule has 0 radical (unpaired) electrons. The average Bonchev–Trinajstić information content (AvgIpc) is 2.62. The minimum Gasteiger partial charge on any atom is -0.484 e. The summed E-state index contributed by atoms with van der Waals surface area (Å²) in [7, 11) is 1.93. The highest BCUT2D eigenvalue weighted by molar-refractivity contribution is 5.78. The SMILES string of the molecule is Cc1ccccc1OCC(=O)N1CCOCC1CN(C)CCO.O=CO. The lowest BCUT2D eigenvalue weighted by atomic mass is 10.2. The molecule has 1 unspecified atom stereocenters. The smallest absolute Gasteiger partial charge is 0.290 e. The minimum absolute atomic E-state index is 0.00623. The van der Waals surface area contributed by atoms with Crippen molar-refractivity contribution < 1.29 is 29.3 Å². The summed E-state index contributed by atoms with van der Waals surface area (Å²) < 4.78 is 11.2. The highest BCUT2D eigenvalue weighted by atomic mass is 16.5. The van der Waals surface area contributed by atoms with Crippen LogP contribution in [-0.2, 0) is 14.3 Å². The van der Waals surface area contributed by atoms with Gasteiger partial charge < -0.3 is 29.5 Å². The molecule has 1 aliphatic heterocycles. The first-order valence-electron chi connectivity index (χ1n) is 8.46. The Hall–Kier alpha value is -2.16. The number of aliphatic hydroxyl groups is 1. The van der Waals surface area contributed by atoms with Gasteiger partial charge in [0.05, 0.1) is 25.9 Å². The number of hydrogen-bond donors (Lipinski definition) is 2. The molecule has 8 heteroatoms. The molecule has 8 nitrogen and oxygen atoms in total. The maximum Gasteiger partial charge on any atom is 0.290 e. The van der Waals surface area contributed by atoms with Gasteiger partial charge in [-0.15, -0.1) is 0 Å². The zero-order valence-electron chi connectivity index (χ0n) is 15.3. The molecule has 26 heavy (non-hydrogen) atoms. The van der Waals surface area contributed by atoms with E-state index in [1.807, 2.05) is 48.0 Å². The average molecular weight is 368 g/mol. The Kier molecular flexibility index (Phi) is 10.3. The normalized spacial score (nSPS) is 16.6. The largest absolute Gasteiger partial charge is 0.484 e. The zero-order valence-corrected chi connectivity index (χ0v) is 15.3. The van der Waals surface area contributed by atoms with E-state index >= 15 is 0 Å². The number of carboxylic acid groups (broad SMARTS) is 1. The van der Waals surface area contributed by atoms with Crippen LogP contribution in [0.15, 0.2) is 24.3 Å². The molecule has 1 atom stereocenters. The predicted octanol–water partition coefficient (Wildman–Crippen LogP) is 0.226. The molecule has 1 heterocycles. The number of carbonyl (C=O) groups excluding carboxylic acids is 1. The van der Waals surface area contributed by atoms with Gasteiger partial charge in [0.15, 0.2) is 6.61 Å². The van der Waals surface area contributed by atoms with Crippen LogP contribution in [-0.4, -0.2) is 91.5 Å². The third kappa shape index (κ3) is 7.38. The van der Waals surface area contributed by atoms with Crippen molar-refractivity contribution in [2.45, 2.75) is 13.0 Å². The lowest BCUT2D eigenvalue weighted by molar-refractivity contribution is -0.142. The molecule has 146 valence electrons. The number of nitrogens with zero attached hydrogens (tertiary/aromatic N) is 2. The molecular weight excluding hydrogens is 340 g/mol. The maximum absolute atomic E-state index is 12.5. The fourth-order valence-corrected chi connectivity index (χ4v) is 2.70. The molecule has 1 saturated heterocycles. The van der Waals surface area contributed by atoms with Crippen molar-refractivity contribution in [3.8, 4) is 5.75 Å². The van der Waals surface area contributed by atoms with E-state index in [1.54, 1.807) is 0 Å². The van der Waals surface area contributed by atoms with E-state index in [4.69, 9.17) is 24.5 Å². The Labute approximate surface area is 153 Å². The van der Waals surface area contributed by atoms with E-state index in [9.17, 15) is 4.79 Å². The van der Waals surface area contributed by atoms with Crippen LogP contribution in [0, 0.1) is 6.92 Å². The van der Waals surface area contributed by atoms with Crippen molar-refractivity contribution in [1.29, 1.82) is 0 Å². The van der Waals surface area contributed by atoms with E-state index < -0.39 is 0 Å². The van der Waals surface area contributed by atoms with Gasteiger partial charge in [-0.05, 0) is 25.6 Å². The molecule has 1 fully saturated rings. The van der Waals surface area contributed by atoms with Crippen LogP contribution in [0.5, 0.6) is 5.75 Å². The molecule has 0 aliphatic carbocycles. The van der Waals surface area contributed by atoms with Crippen molar-refractivity contribution >= 4 is 12.4 Å². The van der Waals surface area contributed by atoms with Gasteiger partial charge in [0, 0.05) is 19.6 Å². The standard InChI is InChI=1S/C17H26N2O4.CH2O2/c1-14-5-3-4-6-16(14)23-13-17(21)19-8-10-22-12-15(19)11-18(2)7-9-20;2-1-3/h3-6,15,20H,7-13H2,1-2H3;1H,(H,2,3). The highest BCUT2D eigenvalue weighted by Gasteiger charge is 2.28. The van der Waals surface area contributed by atoms with Gasteiger partial charge in [-0.3, -0.25) is 9.59 Å². The number of likely N-dealkylation sites (N-methyl/N-ethyl adjacent to an activating group) is 1. The number of aryl methyl sites for hydroxylation is 1. The van der Waals surface area contributed by atoms with Crippen molar-refractivity contribution in [3.63, 3.8) is 0 Å². The molecule has 0 spiro atoms. The molecule has 2 rings (SSSR count). The second-order valence-electron chi connectivity index (χ2n) is 5.96. The lowest BCUT2D eigenvalue weighted by Crippen LogP contribution is -2.54. The summed E-state index contributed by atoms with van der Waals surface area (Å²) >= 11 is 0. The van der Waals surface area contributed by atoms with Crippen LogP contribution in [0.25, 0.3) is 0 Å². The van der Waals surface area contributed by atoms with E-state index in [0.717, 1.165) is 11.3 Å². The number of aliphatic hydroxyl groups excluding tert-OH is 1. The first kappa shape index (κ1) is 21.9. The summed E-state index contributed by atoms with van der Waals surface area (Å²) in [5.41, 5.74) is 1.02. The van der Waals surface area contributed by atoms with Gasteiger partial charge >= 0.3 is 0 Å². The first-order chi connectivity index (χ1) is 12.5. The molecule has 0 aromatic heterocycles. The molecule has 2 N–H and O–H groups in total. The van der Waals surface area contributed by atoms with Gasteiger partial charge in [0.2, 0.25) is 0 Å². The number of benzene rings is 1. The molecular formula is C18H28N2O6. The van der Waals surface area contributed by atoms with Gasteiger partial charge in [-0.1, -0.05) is 18.2 Å². The summed E-state index contributed by atoms with van der Waals surface area (Å²) in [4.78, 5) is 24.7. The van der Waals surface area contributed by atoms with E-state index in [0.29, 0.717) is 32.8 Å². The fourth-order valence-electron chi connectivity index (χ4n) is 2.70. The molecule has 1 aromatic carbocycles. The maximum atomic E-state index is 12.5. The molecule has 1 aromatic rings. The second kappa shape index (κ2) is 12.2. The topological polar surface area (TPSA) is 99.5 Å². The Bertz CT molecular complexity index is 554. The van der Waals surface area contributed by atoms with Crippen LogP contribution in [0.1, 0.15) is 5.56 Å². The monoisotopic (exact) mass is 368 g/mol. The van der Waals surface area contributed by atoms with Gasteiger partial charge in [0.25, 0.3) is 12.4 Å². The van der Waals surface area contributed by atoms with Gasteiger partial charge in [-0.25, -0.2) is 0 Å². The Morgan fingerprint density at radius 2 is 2.15 bits per heavy atom. The second-order valence-corrected chi connectivity index (χ2v) is 5.96. The predicted molar refractivity (Wildman–Crippen MR) is 96.3 cm³/mol. The number of amides is 1. The Balaban J connectivity index is 0.00000105. The summed E-state index contributed by atoms with van der Waals surface area (Å²) in [6.07, 6.45) is 0. The Morgan fingerprint density at radius 3 is 2.81 bits per heavy atom. The number of ether oxygens (including phenoxy) is 2. The molecule has 0 saturated carbocycles. The van der Waals surface area contributed by atoms with Crippen LogP contribution in [0.4, 0.5) is 0 Å². The van der Waals surface area contributed by atoms with E-state index in [1.165, 1.54) is 0 Å². The van der Waals surface area contributed by atoms with Crippen molar-refractivity contribution in [2.24, 2.45) is 0 Å². The minimum atomic E-state index is -0.250. The van der Waals surface area contributed by atoms with Crippen molar-refractivity contribution in [2.75, 3.05) is 53.1 Å². The van der Waals surface area contributed by atoms with Gasteiger partial charge in [0.1, 0.15) is 5.75 Å². The lowest BCUT2D eigenvalue weighted by Gasteiger charge is -2.37. The fraction of sp³-hybridized carbons (Fsp3) is 0.556. The van der Waals surface area contributed by atoms with Crippen molar-refractivity contribution in [3.05, 3.63) is 29.8 Å². The van der Waals surface area contributed by atoms with Crippen molar-refractivity contribution in [1.82, 2.24) is 9.80 Å². The summed E-state index contributed by atoms with van der Waals surface area (Å²) in [6, 6.07) is 7.66. The third-order valence-corrected chi connectivity index (χ3v) is 4.00. The first-order valence-corrected chi connectivity index (χ1v) is 8.46. The number of rotatable bonds is 7. The van der Waals surface area contributed by atoms with Crippen LogP contribution in [0.2, 0.25) is 0 Å². The van der Waals surface area contributed by atoms with E-state index in [2.05, 4.69) is 0 Å². The highest BCUT2D eigenvalue weighted by Crippen LogP contribution is 2.17. The van der Waals surface area contributed by atoms with Gasteiger partial charge in [-0.2, -0.15) is 0 Å². The van der Waals surface area contributed by atoms with E-state index in [-0.39, 0.29) is 31.6 Å². The molecule has 1 amide bonds. The van der Waals surface area contributed by atoms with Crippen LogP contribution in [0.3, 0.4) is 0 Å². The quantitative estimate of drug-likeness (QED) is 0.665. The molecule has 1 aliphatic rings.